The Hall–Kier alpha value is -0.800. The average molecular weight is 285 g/mol. The zero-order chi connectivity index (χ0) is 13.8. The van der Waals surface area contributed by atoms with Crippen LogP contribution in [-0.4, -0.2) is 12.6 Å². The second-order valence-corrected chi connectivity index (χ2v) is 6.05. The molecule has 4 heteroatoms. The maximum absolute atomic E-state index is 13.3. The van der Waals surface area contributed by atoms with Crippen molar-refractivity contribution in [3.8, 4) is 0 Å². The fourth-order valence-electron chi connectivity index (χ4n) is 3.02. The minimum Gasteiger partial charge on any atom is -0.379 e. The molecule has 1 fully saturated rings. The highest BCUT2D eigenvalue weighted by atomic mass is 35.5. The molecule has 0 spiro atoms. The van der Waals surface area contributed by atoms with Gasteiger partial charge in [-0.3, -0.25) is 0 Å². The van der Waals surface area contributed by atoms with Gasteiger partial charge in [0.2, 0.25) is 0 Å². The lowest BCUT2D eigenvalue weighted by atomic mass is 9.78. The van der Waals surface area contributed by atoms with Crippen molar-refractivity contribution in [2.45, 2.75) is 38.6 Å². The van der Waals surface area contributed by atoms with Crippen LogP contribution in [0.1, 0.15) is 32.6 Å². The van der Waals surface area contributed by atoms with E-state index in [0.29, 0.717) is 23.2 Å². The molecular weight excluding hydrogens is 263 g/mol. The van der Waals surface area contributed by atoms with Crippen molar-refractivity contribution in [2.24, 2.45) is 17.6 Å². The topological polar surface area (TPSA) is 38.0 Å². The lowest BCUT2D eigenvalue weighted by Crippen LogP contribution is -2.38. The van der Waals surface area contributed by atoms with E-state index in [4.69, 9.17) is 17.3 Å². The summed E-state index contributed by atoms with van der Waals surface area (Å²) in [7, 11) is 0. The molecule has 1 aromatic rings. The molecule has 0 saturated heterocycles. The van der Waals surface area contributed by atoms with E-state index in [2.05, 4.69) is 12.2 Å². The summed E-state index contributed by atoms with van der Waals surface area (Å²) in [5.41, 5.74) is 6.53. The van der Waals surface area contributed by atoms with Gasteiger partial charge in [0.25, 0.3) is 0 Å². The third-order valence-electron chi connectivity index (χ3n) is 4.07. The van der Waals surface area contributed by atoms with E-state index in [1.807, 2.05) is 0 Å². The van der Waals surface area contributed by atoms with Gasteiger partial charge in [0.15, 0.2) is 0 Å². The summed E-state index contributed by atoms with van der Waals surface area (Å²) < 4.78 is 13.3. The largest absolute Gasteiger partial charge is 0.379 e. The molecule has 0 amide bonds. The molecule has 1 aliphatic rings. The summed E-state index contributed by atoms with van der Waals surface area (Å²) in [6.45, 7) is 2.83. The van der Waals surface area contributed by atoms with E-state index in [0.717, 1.165) is 5.92 Å². The first-order valence-corrected chi connectivity index (χ1v) is 7.39. The minimum atomic E-state index is -0.278. The monoisotopic (exact) mass is 284 g/mol. The number of nitrogens with one attached hydrogen (secondary N) is 1. The number of hydrogen-bond acceptors (Lipinski definition) is 2. The maximum Gasteiger partial charge on any atom is 0.125 e. The molecule has 3 atom stereocenters. The maximum atomic E-state index is 13.3. The van der Waals surface area contributed by atoms with Crippen LogP contribution in [-0.2, 0) is 0 Å². The van der Waals surface area contributed by atoms with Crippen molar-refractivity contribution in [1.29, 1.82) is 0 Å². The number of rotatable bonds is 4. The Kier molecular flexibility index (Phi) is 5.06. The van der Waals surface area contributed by atoms with E-state index in [1.54, 1.807) is 6.07 Å². The van der Waals surface area contributed by atoms with Crippen molar-refractivity contribution in [1.82, 2.24) is 0 Å². The van der Waals surface area contributed by atoms with Crippen molar-refractivity contribution >= 4 is 17.3 Å². The lowest BCUT2D eigenvalue weighted by Gasteiger charge is -2.33. The molecule has 2 nitrogen and oxygen atoms in total. The fourth-order valence-corrected chi connectivity index (χ4v) is 3.20. The highest BCUT2D eigenvalue weighted by molar-refractivity contribution is 6.33. The van der Waals surface area contributed by atoms with Gasteiger partial charge in [0.1, 0.15) is 5.82 Å². The van der Waals surface area contributed by atoms with E-state index in [9.17, 15) is 4.39 Å². The summed E-state index contributed by atoms with van der Waals surface area (Å²) >= 11 is 6.09. The van der Waals surface area contributed by atoms with Crippen molar-refractivity contribution in [2.75, 3.05) is 11.9 Å². The summed E-state index contributed by atoms with van der Waals surface area (Å²) in [6, 6.07) is 4.56. The second kappa shape index (κ2) is 6.58. The first-order valence-electron chi connectivity index (χ1n) is 7.01. The number of benzene rings is 1. The zero-order valence-electron chi connectivity index (χ0n) is 11.3. The Balaban J connectivity index is 2.07. The molecule has 0 aliphatic heterocycles. The van der Waals surface area contributed by atoms with Crippen LogP contribution in [0.2, 0.25) is 5.02 Å². The van der Waals surface area contributed by atoms with Crippen molar-refractivity contribution in [3.63, 3.8) is 0 Å². The summed E-state index contributed by atoms with van der Waals surface area (Å²) in [5.74, 6) is 1.02. The van der Waals surface area contributed by atoms with Gasteiger partial charge in [-0.15, -0.1) is 0 Å². The van der Waals surface area contributed by atoms with Crippen LogP contribution < -0.4 is 11.1 Å². The molecule has 19 heavy (non-hydrogen) atoms. The predicted octanol–water partition coefficient (Wildman–Crippen LogP) is 4.04. The van der Waals surface area contributed by atoms with Crippen LogP contribution in [0.3, 0.4) is 0 Å². The SMILES string of the molecule is CC1CCCC(C(CN)Nc2cc(F)ccc2Cl)C1. The van der Waals surface area contributed by atoms with E-state index >= 15 is 0 Å². The standard InChI is InChI=1S/C15H22ClFN2/c1-10-3-2-4-11(7-10)15(9-18)19-14-8-12(17)5-6-13(14)16/h5-6,8,10-11,15,19H,2-4,7,9,18H2,1H3. The Morgan fingerprint density at radius 1 is 1.47 bits per heavy atom. The number of anilines is 1. The third-order valence-corrected chi connectivity index (χ3v) is 4.40. The first-order chi connectivity index (χ1) is 9.10. The molecule has 1 saturated carbocycles. The first kappa shape index (κ1) is 14.6. The lowest BCUT2D eigenvalue weighted by molar-refractivity contribution is 0.257. The van der Waals surface area contributed by atoms with Gasteiger partial charge in [-0.1, -0.05) is 31.4 Å². The van der Waals surface area contributed by atoms with Gasteiger partial charge in [0.05, 0.1) is 10.7 Å². The van der Waals surface area contributed by atoms with Crippen molar-refractivity contribution in [3.05, 3.63) is 29.0 Å². The van der Waals surface area contributed by atoms with Gasteiger partial charge >= 0.3 is 0 Å². The number of hydrogen-bond donors (Lipinski definition) is 2. The van der Waals surface area contributed by atoms with Crippen LogP contribution in [0, 0.1) is 17.7 Å². The average Bonchev–Trinajstić information content (AvgIpc) is 2.39. The quantitative estimate of drug-likeness (QED) is 0.875. The molecule has 0 aromatic heterocycles. The Morgan fingerprint density at radius 2 is 2.26 bits per heavy atom. The zero-order valence-corrected chi connectivity index (χ0v) is 12.1. The molecule has 2 rings (SSSR count). The highest BCUT2D eigenvalue weighted by Gasteiger charge is 2.26. The number of halogens is 2. The Bertz CT molecular complexity index is 425. The van der Waals surface area contributed by atoms with Gasteiger partial charge < -0.3 is 11.1 Å². The molecule has 0 heterocycles. The molecule has 3 unspecified atom stereocenters. The predicted molar refractivity (Wildman–Crippen MR) is 79.0 cm³/mol. The van der Waals surface area contributed by atoms with Crippen LogP contribution in [0.4, 0.5) is 10.1 Å². The van der Waals surface area contributed by atoms with Crippen molar-refractivity contribution < 1.29 is 4.39 Å². The molecule has 0 bridgehead atoms. The minimum absolute atomic E-state index is 0.169. The van der Waals surface area contributed by atoms with Gasteiger partial charge in [-0.25, -0.2) is 4.39 Å². The molecule has 3 N–H and O–H groups in total. The molecule has 106 valence electrons. The van der Waals surface area contributed by atoms with E-state index < -0.39 is 0 Å². The third kappa shape index (κ3) is 3.83. The van der Waals surface area contributed by atoms with Gasteiger partial charge in [0, 0.05) is 12.6 Å². The smallest absolute Gasteiger partial charge is 0.125 e. The van der Waals surface area contributed by atoms with Crippen LogP contribution in [0.5, 0.6) is 0 Å². The number of nitrogens with two attached hydrogens (primary N) is 1. The normalized spacial score (nSPS) is 25.1. The molecule has 1 aromatic carbocycles. The second-order valence-electron chi connectivity index (χ2n) is 5.64. The molecule has 1 aliphatic carbocycles. The van der Waals surface area contributed by atoms with Crippen LogP contribution in [0.25, 0.3) is 0 Å². The molecule has 0 radical (unpaired) electrons. The summed E-state index contributed by atoms with van der Waals surface area (Å²) in [6.07, 6.45) is 4.92. The van der Waals surface area contributed by atoms with Crippen LogP contribution >= 0.6 is 11.6 Å². The van der Waals surface area contributed by atoms with E-state index in [-0.39, 0.29) is 11.9 Å². The summed E-state index contributed by atoms with van der Waals surface area (Å²) in [4.78, 5) is 0. The highest BCUT2D eigenvalue weighted by Crippen LogP contribution is 2.33. The Labute approximate surface area is 119 Å². The Morgan fingerprint density at radius 3 is 2.95 bits per heavy atom. The fraction of sp³-hybridized carbons (Fsp3) is 0.600. The molecular formula is C15H22ClFN2. The van der Waals surface area contributed by atoms with Gasteiger partial charge in [-0.05, 0) is 42.9 Å². The van der Waals surface area contributed by atoms with E-state index in [1.165, 1.54) is 37.8 Å². The van der Waals surface area contributed by atoms with Gasteiger partial charge in [-0.2, -0.15) is 0 Å². The van der Waals surface area contributed by atoms with Crippen LogP contribution in [0.15, 0.2) is 18.2 Å². The summed E-state index contributed by atoms with van der Waals surface area (Å²) in [5, 5.41) is 3.88.